The van der Waals surface area contributed by atoms with Crippen LogP contribution in [-0.4, -0.2) is 15.9 Å². The Kier molecular flexibility index (Phi) is 5.18. The second-order valence-corrected chi connectivity index (χ2v) is 5.46. The summed E-state index contributed by atoms with van der Waals surface area (Å²) in [4.78, 5) is 22.2. The Balaban J connectivity index is 2.06. The fourth-order valence-corrected chi connectivity index (χ4v) is 2.24. The molecule has 0 heterocycles. The van der Waals surface area contributed by atoms with E-state index in [4.69, 9.17) is 12.2 Å². The molecule has 2 aromatic carbocycles. The predicted molar refractivity (Wildman–Crippen MR) is 90.9 cm³/mol. The molecule has 0 radical (unpaired) electrons. The number of non-ortho nitro benzene ring substituents is 1. The number of hydrogen-bond donors (Lipinski definition) is 2. The number of thiocarbonyl (C=S) groups is 1. The quantitative estimate of drug-likeness (QED) is 0.484. The summed E-state index contributed by atoms with van der Waals surface area (Å²) in [6.07, 6.45) is 0. The van der Waals surface area contributed by atoms with Crippen LogP contribution in [-0.2, 0) is 0 Å². The van der Waals surface area contributed by atoms with E-state index in [1.54, 1.807) is 6.07 Å². The van der Waals surface area contributed by atoms with Crippen molar-refractivity contribution in [3.63, 3.8) is 0 Å². The van der Waals surface area contributed by atoms with Gasteiger partial charge in [-0.05, 0) is 46.3 Å². The molecule has 0 saturated heterocycles. The van der Waals surface area contributed by atoms with Crippen molar-refractivity contribution in [2.45, 2.75) is 0 Å². The number of nitro benzene ring substituents is 1. The van der Waals surface area contributed by atoms with Crippen molar-refractivity contribution in [2.75, 3.05) is 5.32 Å². The lowest BCUT2D eigenvalue weighted by atomic mass is 10.2. The van der Waals surface area contributed by atoms with E-state index in [1.807, 2.05) is 18.2 Å². The molecule has 2 rings (SSSR count). The molecule has 2 aromatic rings. The van der Waals surface area contributed by atoms with E-state index in [9.17, 15) is 14.9 Å². The van der Waals surface area contributed by atoms with Crippen molar-refractivity contribution in [3.05, 3.63) is 68.7 Å². The van der Waals surface area contributed by atoms with E-state index >= 15 is 0 Å². The van der Waals surface area contributed by atoms with Crippen LogP contribution in [0.15, 0.2) is 53.0 Å². The lowest BCUT2D eigenvalue weighted by molar-refractivity contribution is -0.384. The maximum absolute atomic E-state index is 12.0. The number of nitrogens with one attached hydrogen (secondary N) is 2. The maximum atomic E-state index is 12.0. The summed E-state index contributed by atoms with van der Waals surface area (Å²) in [6, 6.07) is 12.7. The summed E-state index contributed by atoms with van der Waals surface area (Å²) >= 11 is 8.41. The van der Waals surface area contributed by atoms with E-state index in [0.717, 1.165) is 4.47 Å². The fourth-order valence-electron chi connectivity index (χ4n) is 1.65. The van der Waals surface area contributed by atoms with E-state index < -0.39 is 10.8 Å². The highest BCUT2D eigenvalue weighted by atomic mass is 79.9. The second kappa shape index (κ2) is 7.10. The minimum absolute atomic E-state index is 0.100. The summed E-state index contributed by atoms with van der Waals surface area (Å²) < 4.78 is 0.793. The van der Waals surface area contributed by atoms with Gasteiger partial charge in [0.1, 0.15) is 0 Å². The molecular weight excluding hydrogens is 370 g/mol. The number of carbonyl (C=O) groups excluding carboxylic acids is 1. The second-order valence-electron chi connectivity index (χ2n) is 4.20. The van der Waals surface area contributed by atoms with Crippen LogP contribution in [0, 0.1) is 10.1 Å². The SMILES string of the molecule is O=C(NC(=S)Nc1ccccc1Br)c1cccc([N+](=O)[O-])c1. The zero-order valence-corrected chi connectivity index (χ0v) is 13.5. The molecular formula is C14H10BrN3O3S. The van der Waals surface area contributed by atoms with Crippen LogP contribution < -0.4 is 10.6 Å². The highest BCUT2D eigenvalue weighted by Gasteiger charge is 2.13. The Morgan fingerprint density at radius 3 is 2.59 bits per heavy atom. The largest absolute Gasteiger partial charge is 0.331 e. The van der Waals surface area contributed by atoms with Gasteiger partial charge < -0.3 is 5.32 Å². The van der Waals surface area contributed by atoms with E-state index in [-0.39, 0.29) is 16.4 Å². The smallest absolute Gasteiger partial charge is 0.270 e. The van der Waals surface area contributed by atoms with Crippen LogP contribution in [0.2, 0.25) is 0 Å². The highest BCUT2D eigenvalue weighted by molar-refractivity contribution is 9.10. The van der Waals surface area contributed by atoms with Crippen LogP contribution in [0.5, 0.6) is 0 Å². The Morgan fingerprint density at radius 2 is 1.91 bits per heavy atom. The normalized spacial score (nSPS) is 9.86. The lowest BCUT2D eigenvalue weighted by Gasteiger charge is -2.10. The topological polar surface area (TPSA) is 84.3 Å². The van der Waals surface area contributed by atoms with Crippen LogP contribution >= 0.6 is 28.1 Å². The zero-order chi connectivity index (χ0) is 16.1. The molecule has 0 aliphatic rings. The monoisotopic (exact) mass is 379 g/mol. The third-order valence-corrected chi connectivity index (χ3v) is 3.56. The third-order valence-electron chi connectivity index (χ3n) is 2.67. The summed E-state index contributed by atoms with van der Waals surface area (Å²) in [7, 11) is 0. The van der Waals surface area contributed by atoms with Crippen molar-refractivity contribution in [1.82, 2.24) is 5.32 Å². The molecule has 112 valence electrons. The molecule has 0 saturated carbocycles. The molecule has 0 spiro atoms. The summed E-state index contributed by atoms with van der Waals surface area (Å²) in [6.45, 7) is 0. The van der Waals surface area contributed by atoms with Gasteiger partial charge in [0, 0.05) is 22.2 Å². The van der Waals surface area contributed by atoms with Crippen molar-refractivity contribution in [2.24, 2.45) is 0 Å². The van der Waals surface area contributed by atoms with Gasteiger partial charge in [0.25, 0.3) is 11.6 Å². The molecule has 0 aliphatic carbocycles. The number of amides is 1. The number of hydrogen-bond acceptors (Lipinski definition) is 4. The Morgan fingerprint density at radius 1 is 1.18 bits per heavy atom. The molecule has 22 heavy (non-hydrogen) atoms. The first kappa shape index (κ1) is 16.1. The number of nitrogens with zero attached hydrogens (tertiary/aromatic N) is 1. The number of carbonyl (C=O) groups is 1. The molecule has 8 heteroatoms. The van der Waals surface area contributed by atoms with Crippen LogP contribution in [0.1, 0.15) is 10.4 Å². The minimum Gasteiger partial charge on any atom is -0.331 e. The predicted octanol–water partition coefficient (Wildman–Crippen LogP) is 3.48. The Labute approximate surface area is 139 Å². The van der Waals surface area contributed by atoms with Crippen molar-refractivity contribution in [1.29, 1.82) is 0 Å². The van der Waals surface area contributed by atoms with Gasteiger partial charge in [0.2, 0.25) is 0 Å². The standard InChI is InChI=1S/C14H10BrN3O3S/c15-11-6-1-2-7-12(11)16-14(22)17-13(19)9-4-3-5-10(8-9)18(20)21/h1-8H,(H2,16,17,19,22). The van der Waals surface area contributed by atoms with E-state index in [1.165, 1.54) is 24.3 Å². The summed E-state index contributed by atoms with van der Waals surface area (Å²) in [5.41, 5.74) is 0.703. The summed E-state index contributed by atoms with van der Waals surface area (Å²) in [5.74, 6) is -0.520. The average Bonchev–Trinajstić information content (AvgIpc) is 2.49. The fraction of sp³-hybridized carbons (Fsp3) is 0. The van der Waals surface area contributed by atoms with E-state index in [0.29, 0.717) is 5.69 Å². The van der Waals surface area contributed by atoms with Gasteiger partial charge in [-0.2, -0.15) is 0 Å². The highest BCUT2D eigenvalue weighted by Crippen LogP contribution is 2.21. The molecule has 6 nitrogen and oxygen atoms in total. The molecule has 0 unspecified atom stereocenters. The molecule has 0 aromatic heterocycles. The van der Waals surface area contributed by atoms with Crippen LogP contribution in [0.3, 0.4) is 0 Å². The molecule has 0 bridgehead atoms. The van der Waals surface area contributed by atoms with Gasteiger partial charge in [-0.15, -0.1) is 0 Å². The van der Waals surface area contributed by atoms with Gasteiger partial charge in [-0.25, -0.2) is 0 Å². The zero-order valence-electron chi connectivity index (χ0n) is 11.1. The molecule has 1 amide bonds. The van der Waals surface area contributed by atoms with Crippen LogP contribution in [0.4, 0.5) is 11.4 Å². The third kappa shape index (κ3) is 4.09. The van der Waals surface area contributed by atoms with Crippen molar-refractivity contribution >= 4 is 50.5 Å². The van der Waals surface area contributed by atoms with Gasteiger partial charge in [-0.3, -0.25) is 20.2 Å². The molecule has 0 atom stereocenters. The number of nitro groups is 1. The van der Waals surface area contributed by atoms with Gasteiger partial charge in [0.15, 0.2) is 5.11 Å². The van der Waals surface area contributed by atoms with Gasteiger partial charge in [0.05, 0.1) is 10.6 Å². The Hall–Kier alpha value is -2.32. The molecule has 2 N–H and O–H groups in total. The van der Waals surface area contributed by atoms with E-state index in [2.05, 4.69) is 26.6 Å². The first-order valence-electron chi connectivity index (χ1n) is 6.08. The lowest BCUT2D eigenvalue weighted by Crippen LogP contribution is -2.34. The minimum atomic E-state index is -0.561. The van der Waals surface area contributed by atoms with Crippen LogP contribution in [0.25, 0.3) is 0 Å². The number of para-hydroxylation sites is 1. The van der Waals surface area contributed by atoms with Crippen molar-refractivity contribution in [3.8, 4) is 0 Å². The molecule has 0 aliphatic heterocycles. The van der Waals surface area contributed by atoms with Crippen molar-refractivity contribution < 1.29 is 9.72 Å². The first-order chi connectivity index (χ1) is 10.5. The Bertz CT molecular complexity index is 752. The maximum Gasteiger partial charge on any atom is 0.270 e. The number of anilines is 1. The summed E-state index contributed by atoms with van der Waals surface area (Å²) in [5, 5.41) is 16.2. The molecule has 0 fully saturated rings. The number of halogens is 1. The number of benzene rings is 2. The first-order valence-corrected chi connectivity index (χ1v) is 7.29. The number of rotatable bonds is 3. The van der Waals surface area contributed by atoms with Gasteiger partial charge >= 0.3 is 0 Å². The average molecular weight is 380 g/mol. The van der Waals surface area contributed by atoms with Gasteiger partial charge in [-0.1, -0.05) is 18.2 Å².